The van der Waals surface area contributed by atoms with E-state index < -0.39 is 16.0 Å². The number of aromatic carboxylic acids is 1. The van der Waals surface area contributed by atoms with Crippen LogP contribution in [0.4, 0.5) is 0 Å². The van der Waals surface area contributed by atoms with Gasteiger partial charge < -0.3 is 9.84 Å². The van der Waals surface area contributed by atoms with Gasteiger partial charge >= 0.3 is 5.97 Å². The SMILES string of the molecule is CC(C)(C)CCOc1ccc(C(=O)O)cc1S(N)(=O)=O. The Balaban J connectivity index is 3.04. The van der Waals surface area contributed by atoms with Gasteiger partial charge in [-0.1, -0.05) is 20.8 Å². The molecule has 0 saturated carbocycles. The summed E-state index contributed by atoms with van der Waals surface area (Å²) in [6.45, 7) is 6.41. The second-order valence-electron chi connectivity index (χ2n) is 5.67. The molecule has 0 aliphatic heterocycles. The maximum absolute atomic E-state index is 11.5. The van der Waals surface area contributed by atoms with Crippen molar-refractivity contribution in [3.63, 3.8) is 0 Å². The lowest BCUT2D eigenvalue weighted by Gasteiger charge is -2.19. The van der Waals surface area contributed by atoms with Crippen LogP contribution >= 0.6 is 0 Å². The van der Waals surface area contributed by atoms with E-state index in [1.54, 1.807) is 0 Å². The van der Waals surface area contributed by atoms with E-state index in [0.717, 1.165) is 12.5 Å². The van der Waals surface area contributed by atoms with Gasteiger partial charge in [-0.2, -0.15) is 0 Å². The van der Waals surface area contributed by atoms with Gasteiger partial charge in [-0.05, 0) is 30.0 Å². The molecule has 0 heterocycles. The number of sulfonamides is 1. The van der Waals surface area contributed by atoms with Crippen LogP contribution in [0.5, 0.6) is 5.75 Å². The van der Waals surface area contributed by atoms with E-state index in [9.17, 15) is 13.2 Å². The Morgan fingerprint density at radius 2 is 1.95 bits per heavy atom. The molecule has 0 unspecified atom stereocenters. The van der Waals surface area contributed by atoms with Gasteiger partial charge in [0.1, 0.15) is 10.6 Å². The van der Waals surface area contributed by atoms with Gasteiger partial charge in [-0.15, -0.1) is 0 Å². The molecule has 0 spiro atoms. The van der Waals surface area contributed by atoms with Crippen LogP contribution in [0.25, 0.3) is 0 Å². The summed E-state index contributed by atoms with van der Waals surface area (Å²) >= 11 is 0. The number of rotatable bonds is 5. The normalized spacial score (nSPS) is 12.2. The Hall–Kier alpha value is -1.60. The summed E-state index contributed by atoms with van der Waals surface area (Å²) in [6.07, 6.45) is 0.720. The molecule has 0 aliphatic rings. The van der Waals surface area contributed by atoms with E-state index in [1.165, 1.54) is 12.1 Å². The van der Waals surface area contributed by atoms with E-state index >= 15 is 0 Å². The van der Waals surface area contributed by atoms with Gasteiger partial charge in [0.15, 0.2) is 0 Å². The summed E-state index contributed by atoms with van der Waals surface area (Å²) in [7, 11) is -4.04. The Labute approximate surface area is 118 Å². The molecule has 0 aromatic heterocycles. The number of carboxylic acid groups (broad SMARTS) is 1. The summed E-state index contributed by atoms with van der Waals surface area (Å²) in [5.74, 6) is -1.15. The van der Waals surface area contributed by atoms with Crippen molar-refractivity contribution in [1.82, 2.24) is 0 Å². The van der Waals surface area contributed by atoms with Gasteiger partial charge in [-0.3, -0.25) is 0 Å². The third-order valence-corrected chi connectivity index (χ3v) is 3.54. The number of primary sulfonamides is 1. The van der Waals surface area contributed by atoms with Crippen molar-refractivity contribution in [2.45, 2.75) is 32.1 Å². The fourth-order valence-electron chi connectivity index (χ4n) is 1.45. The van der Waals surface area contributed by atoms with Crippen LogP contribution in [0.3, 0.4) is 0 Å². The number of hydrogen-bond acceptors (Lipinski definition) is 4. The first-order chi connectivity index (χ1) is 9.00. The molecule has 112 valence electrons. The summed E-state index contributed by atoms with van der Waals surface area (Å²) in [4.78, 5) is 10.5. The molecule has 0 bridgehead atoms. The molecule has 7 heteroatoms. The van der Waals surface area contributed by atoms with E-state index in [4.69, 9.17) is 15.0 Å². The van der Waals surface area contributed by atoms with Gasteiger partial charge in [0.25, 0.3) is 0 Å². The molecule has 0 amide bonds. The van der Waals surface area contributed by atoms with Crippen molar-refractivity contribution < 1.29 is 23.1 Å². The van der Waals surface area contributed by atoms with Crippen molar-refractivity contribution in [2.24, 2.45) is 10.6 Å². The van der Waals surface area contributed by atoms with Crippen LogP contribution < -0.4 is 9.88 Å². The predicted octanol–water partition coefficient (Wildman–Crippen LogP) is 1.85. The standard InChI is InChI=1S/C13H19NO5S/c1-13(2,3)6-7-19-10-5-4-9(12(15)16)8-11(10)20(14,17)18/h4-5,8H,6-7H2,1-3H3,(H,15,16)(H2,14,17,18). The Morgan fingerprint density at radius 1 is 1.35 bits per heavy atom. The van der Waals surface area contributed by atoms with Crippen molar-refractivity contribution >= 4 is 16.0 Å². The van der Waals surface area contributed by atoms with Gasteiger partial charge in [-0.25, -0.2) is 18.4 Å². The van der Waals surface area contributed by atoms with Crippen LogP contribution in [-0.4, -0.2) is 26.1 Å². The van der Waals surface area contributed by atoms with Crippen LogP contribution in [0.1, 0.15) is 37.6 Å². The van der Waals surface area contributed by atoms with Crippen molar-refractivity contribution in [1.29, 1.82) is 0 Å². The number of hydrogen-bond donors (Lipinski definition) is 2. The summed E-state index contributed by atoms with van der Waals surface area (Å²) in [5.41, 5.74) is -0.111. The first-order valence-corrected chi connectivity index (χ1v) is 7.58. The number of carboxylic acids is 1. The van der Waals surface area contributed by atoms with Crippen molar-refractivity contribution in [2.75, 3.05) is 6.61 Å². The molecule has 0 saturated heterocycles. The fourth-order valence-corrected chi connectivity index (χ4v) is 2.15. The molecule has 0 radical (unpaired) electrons. The number of benzene rings is 1. The zero-order valence-corrected chi connectivity index (χ0v) is 12.5. The highest BCUT2D eigenvalue weighted by Gasteiger charge is 2.19. The molecular weight excluding hydrogens is 282 g/mol. The van der Waals surface area contributed by atoms with E-state index in [2.05, 4.69) is 0 Å². The average molecular weight is 301 g/mol. The summed E-state index contributed by atoms with van der Waals surface area (Å²) < 4.78 is 28.4. The van der Waals surface area contributed by atoms with Crippen molar-refractivity contribution in [3.8, 4) is 5.75 Å². The molecule has 0 aliphatic carbocycles. The van der Waals surface area contributed by atoms with E-state index in [-0.39, 0.29) is 21.6 Å². The maximum Gasteiger partial charge on any atom is 0.335 e. The lowest BCUT2D eigenvalue weighted by Crippen LogP contribution is -2.16. The predicted molar refractivity (Wildman–Crippen MR) is 74.3 cm³/mol. The molecule has 1 aromatic carbocycles. The third kappa shape index (κ3) is 4.82. The summed E-state index contributed by atoms with van der Waals surface area (Å²) in [5, 5.41) is 14.0. The smallest absolute Gasteiger partial charge is 0.335 e. The quantitative estimate of drug-likeness (QED) is 0.863. The Morgan fingerprint density at radius 3 is 2.40 bits per heavy atom. The minimum atomic E-state index is -4.04. The lowest BCUT2D eigenvalue weighted by molar-refractivity contribution is 0.0696. The van der Waals surface area contributed by atoms with E-state index in [0.29, 0.717) is 6.61 Å². The maximum atomic E-state index is 11.5. The second kappa shape index (κ2) is 5.80. The first-order valence-electron chi connectivity index (χ1n) is 6.04. The first kappa shape index (κ1) is 16.5. The number of nitrogens with two attached hydrogens (primary N) is 1. The minimum Gasteiger partial charge on any atom is -0.492 e. The minimum absolute atomic E-state index is 0.0444. The molecule has 1 rings (SSSR count). The molecular formula is C13H19NO5S. The van der Waals surface area contributed by atoms with Gasteiger partial charge in [0, 0.05) is 0 Å². The van der Waals surface area contributed by atoms with Crippen LogP contribution in [0.2, 0.25) is 0 Å². The van der Waals surface area contributed by atoms with Gasteiger partial charge in [0.2, 0.25) is 10.0 Å². The highest BCUT2D eigenvalue weighted by atomic mass is 32.2. The molecule has 0 fully saturated rings. The van der Waals surface area contributed by atoms with Gasteiger partial charge in [0.05, 0.1) is 12.2 Å². The lowest BCUT2D eigenvalue weighted by atomic mass is 9.93. The summed E-state index contributed by atoms with van der Waals surface area (Å²) in [6, 6.07) is 3.60. The number of carbonyl (C=O) groups is 1. The van der Waals surface area contributed by atoms with E-state index in [1.807, 2.05) is 20.8 Å². The fraction of sp³-hybridized carbons (Fsp3) is 0.462. The van der Waals surface area contributed by atoms with Crippen LogP contribution in [0, 0.1) is 5.41 Å². The largest absolute Gasteiger partial charge is 0.492 e. The highest BCUT2D eigenvalue weighted by Crippen LogP contribution is 2.26. The third-order valence-electron chi connectivity index (χ3n) is 2.61. The highest BCUT2D eigenvalue weighted by molar-refractivity contribution is 7.89. The van der Waals surface area contributed by atoms with Crippen LogP contribution in [0.15, 0.2) is 23.1 Å². The topological polar surface area (TPSA) is 107 Å². The molecule has 0 atom stereocenters. The molecule has 3 N–H and O–H groups in total. The zero-order chi connectivity index (χ0) is 15.6. The zero-order valence-electron chi connectivity index (χ0n) is 11.7. The molecule has 6 nitrogen and oxygen atoms in total. The van der Waals surface area contributed by atoms with Crippen molar-refractivity contribution in [3.05, 3.63) is 23.8 Å². The number of ether oxygens (including phenoxy) is 1. The Bertz CT molecular complexity index is 602. The monoisotopic (exact) mass is 301 g/mol. The average Bonchev–Trinajstić information content (AvgIpc) is 2.25. The van der Waals surface area contributed by atoms with Crippen LogP contribution in [-0.2, 0) is 10.0 Å². The molecule has 1 aromatic rings. The second-order valence-corrected chi connectivity index (χ2v) is 7.20. The molecule has 20 heavy (non-hydrogen) atoms. The Kier molecular flexibility index (Phi) is 4.77.